The van der Waals surface area contributed by atoms with Crippen molar-refractivity contribution >= 4 is 30.9 Å². The minimum Gasteiger partial charge on any atom is -0.497 e. The van der Waals surface area contributed by atoms with Crippen LogP contribution in [-0.2, 0) is 45.5 Å². The number of esters is 1. The Labute approximate surface area is 373 Å². The highest BCUT2D eigenvalue weighted by Gasteiger charge is 2.65. The summed E-state index contributed by atoms with van der Waals surface area (Å²) >= 11 is 0. The van der Waals surface area contributed by atoms with E-state index in [2.05, 4.69) is 115 Å². The van der Waals surface area contributed by atoms with Crippen LogP contribution in [0.15, 0.2) is 54.6 Å². The van der Waals surface area contributed by atoms with Crippen LogP contribution < -0.4 is 4.74 Å². The zero-order valence-corrected chi connectivity index (χ0v) is 44.1. The Bertz CT molecular complexity index is 1650. The SMILES string of the molecule is COc1ccc(COC[C@H](C)[C@H]2O[C@@]2(C)[C@@H](O[Si](C)(C)C(C)(C)C)[C@@H](CO[Si](C)(C)C(C)(C)C)[C@H](O)[C@H](CO[Si](C)(C)C(C)(C)C)[C@H](O)CC(=O)OCc2ccccc2)cc1. The van der Waals surface area contributed by atoms with Gasteiger partial charge in [0.25, 0.3) is 0 Å². The van der Waals surface area contributed by atoms with Gasteiger partial charge in [-0.3, -0.25) is 4.79 Å². The number of aliphatic hydroxyl groups is 2. The molecule has 8 atom stereocenters. The molecule has 61 heavy (non-hydrogen) atoms. The molecule has 0 spiro atoms. The molecule has 2 aromatic carbocycles. The summed E-state index contributed by atoms with van der Waals surface area (Å²) in [5, 5.41) is 24.8. The third-order valence-corrected chi connectivity index (χ3v) is 27.7. The Hall–Kier alpha value is -1.92. The van der Waals surface area contributed by atoms with Crippen LogP contribution in [0.3, 0.4) is 0 Å². The van der Waals surface area contributed by atoms with Crippen LogP contribution in [0.25, 0.3) is 0 Å². The molecule has 1 heterocycles. The Morgan fingerprint density at radius 3 is 1.70 bits per heavy atom. The maximum Gasteiger partial charge on any atom is 0.308 e. The van der Waals surface area contributed by atoms with Crippen LogP contribution in [0.4, 0.5) is 0 Å². The lowest BCUT2D eigenvalue weighted by atomic mass is 9.78. The Morgan fingerprint density at radius 1 is 0.721 bits per heavy atom. The van der Waals surface area contributed by atoms with Crippen molar-refractivity contribution in [2.45, 2.75) is 180 Å². The predicted molar refractivity (Wildman–Crippen MR) is 253 cm³/mol. The molecule has 2 N–H and O–H groups in total. The van der Waals surface area contributed by atoms with Crippen molar-refractivity contribution in [1.82, 2.24) is 0 Å². The van der Waals surface area contributed by atoms with Gasteiger partial charge in [-0.15, -0.1) is 0 Å². The van der Waals surface area contributed by atoms with Crippen molar-refractivity contribution in [2.24, 2.45) is 17.8 Å². The van der Waals surface area contributed by atoms with Gasteiger partial charge in [-0.25, -0.2) is 0 Å². The molecule has 0 aliphatic carbocycles. The molecule has 1 saturated heterocycles. The monoisotopic (exact) mass is 905 g/mol. The summed E-state index contributed by atoms with van der Waals surface area (Å²) in [5.41, 5.74) is 1.08. The largest absolute Gasteiger partial charge is 0.497 e. The van der Waals surface area contributed by atoms with Gasteiger partial charge in [0.1, 0.15) is 18.0 Å². The topological polar surface area (TPSA) is 125 Å². The minimum absolute atomic E-state index is 0.00411. The standard InChI is InChI=1S/C48H84O10Si3/c1-34(29-53-30-36-24-26-37(52-12)27-25-36)43-48(11,57-43)44(58-61(17,18)47(8,9)10)39(33-56-60(15,16)46(5,6)7)42(51)38(32-55-59(13,14)45(2,3)4)40(49)28-41(50)54-31-35-22-20-19-21-23-35/h19-27,34,38-40,42-44,49,51H,28-33H2,1-18H3/t34-,38+,39-,40+,42+,43+,44-,48+/m0/s1. The van der Waals surface area contributed by atoms with Crippen LogP contribution >= 0.6 is 0 Å². The first kappa shape index (κ1) is 53.4. The van der Waals surface area contributed by atoms with Gasteiger partial charge in [-0.05, 0) is 84.6 Å². The zero-order chi connectivity index (χ0) is 46.4. The fourth-order valence-corrected chi connectivity index (χ4v) is 10.2. The van der Waals surface area contributed by atoms with Crippen molar-refractivity contribution < 1.29 is 47.2 Å². The van der Waals surface area contributed by atoms with E-state index in [1.807, 2.05) is 54.6 Å². The van der Waals surface area contributed by atoms with Crippen molar-refractivity contribution in [1.29, 1.82) is 0 Å². The molecule has 0 radical (unpaired) electrons. The molecule has 348 valence electrons. The predicted octanol–water partition coefficient (Wildman–Crippen LogP) is 10.5. The first-order chi connectivity index (χ1) is 27.9. The lowest BCUT2D eigenvalue weighted by molar-refractivity contribution is -0.150. The second-order valence-electron chi connectivity index (χ2n) is 22.2. The summed E-state index contributed by atoms with van der Waals surface area (Å²) in [7, 11) is -5.65. The fourth-order valence-electron chi connectivity index (χ4n) is 6.73. The molecule has 10 nitrogen and oxygen atoms in total. The molecule has 1 aliphatic heterocycles. The number of aliphatic hydroxyl groups excluding tert-OH is 2. The summed E-state index contributed by atoms with van der Waals surface area (Å²) in [6.45, 7) is 38.3. The summed E-state index contributed by atoms with van der Waals surface area (Å²) in [4.78, 5) is 13.4. The third-order valence-electron chi connectivity index (χ3n) is 14.3. The second-order valence-corrected chi connectivity index (χ2v) is 36.6. The van der Waals surface area contributed by atoms with Gasteiger partial charge in [0, 0.05) is 31.0 Å². The normalized spacial score (nSPS) is 21.0. The van der Waals surface area contributed by atoms with E-state index in [-0.39, 0.29) is 53.4 Å². The maximum atomic E-state index is 13.4. The smallest absolute Gasteiger partial charge is 0.308 e. The van der Waals surface area contributed by atoms with Crippen molar-refractivity contribution in [2.75, 3.05) is 26.9 Å². The molecular formula is C48H84O10Si3. The van der Waals surface area contributed by atoms with E-state index in [0.29, 0.717) is 13.2 Å². The Morgan fingerprint density at radius 2 is 1.21 bits per heavy atom. The number of hydrogen-bond acceptors (Lipinski definition) is 10. The highest BCUT2D eigenvalue weighted by atomic mass is 28.4. The van der Waals surface area contributed by atoms with Crippen LogP contribution in [0, 0.1) is 17.8 Å². The van der Waals surface area contributed by atoms with Crippen LogP contribution in [0.1, 0.15) is 93.7 Å². The Balaban J connectivity index is 2.07. The van der Waals surface area contributed by atoms with Crippen LogP contribution in [0.2, 0.25) is 54.4 Å². The van der Waals surface area contributed by atoms with E-state index in [0.717, 1.165) is 16.9 Å². The van der Waals surface area contributed by atoms with E-state index in [1.165, 1.54) is 0 Å². The van der Waals surface area contributed by atoms with Crippen LogP contribution in [-0.4, -0.2) is 98.1 Å². The first-order valence-electron chi connectivity index (χ1n) is 22.3. The molecule has 0 saturated carbocycles. The number of carbonyl (C=O) groups excluding carboxylic acids is 1. The number of rotatable bonds is 23. The number of epoxide rings is 1. The summed E-state index contributed by atoms with van der Waals surface area (Å²) in [6.07, 6.45) is -3.65. The van der Waals surface area contributed by atoms with Gasteiger partial charge in [0.15, 0.2) is 25.0 Å². The average molecular weight is 905 g/mol. The van der Waals surface area contributed by atoms with Crippen molar-refractivity contribution in [3.8, 4) is 5.75 Å². The summed E-state index contributed by atoms with van der Waals surface area (Å²) in [6, 6.07) is 17.3. The van der Waals surface area contributed by atoms with Gasteiger partial charge < -0.3 is 42.4 Å². The third kappa shape index (κ3) is 14.5. The van der Waals surface area contributed by atoms with Gasteiger partial charge in [-0.1, -0.05) is 112 Å². The van der Waals surface area contributed by atoms with Crippen molar-refractivity contribution in [3.63, 3.8) is 0 Å². The molecule has 3 rings (SSSR count). The maximum absolute atomic E-state index is 13.4. The summed E-state index contributed by atoms with van der Waals surface area (Å²) in [5.74, 6) is -1.29. The molecule has 0 bridgehead atoms. The molecule has 1 fully saturated rings. The van der Waals surface area contributed by atoms with Gasteiger partial charge in [0.2, 0.25) is 0 Å². The fraction of sp³-hybridized carbons (Fsp3) is 0.729. The number of benzene rings is 2. The zero-order valence-electron chi connectivity index (χ0n) is 41.1. The minimum atomic E-state index is -2.54. The summed E-state index contributed by atoms with van der Waals surface area (Å²) < 4.78 is 45.3. The quantitative estimate of drug-likeness (QED) is 0.0632. The molecule has 0 amide bonds. The molecule has 2 aromatic rings. The molecule has 13 heteroatoms. The number of hydrogen-bond donors (Lipinski definition) is 2. The Kier molecular flexibility index (Phi) is 18.3. The van der Waals surface area contributed by atoms with E-state index in [1.54, 1.807) is 7.11 Å². The number of methoxy groups -OCH3 is 1. The van der Waals surface area contributed by atoms with E-state index >= 15 is 0 Å². The molecule has 0 aromatic heterocycles. The van der Waals surface area contributed by atoms with E-state index < -0.39 is 66.7 Å². The first-order valence-corrected chi connectivity index (χ1v) is 31.0. The average Bonchev–Trinajstić information content (AvgIpc) is 3.85. The second kappa shape index (κ2) is 20.9. The molecule has 1 aliphatic rings. The highest BCUT2D eigenvalue weighted by Crippen LogP contribution is 2.52. The highest BCUT2D eigenvalue weighted by molar-refractivity contribution is 6.75. The van der Waals surface area contributed by atoms with E-state index in [4.69, 9.17) is 32.2 Å². The lowest BCUT2D eigenvalue weighted by Crippen LogP contribution is -2.58. The number of ether oxygens (including phenoxy) is 4. The lowest BCUT2D eigenvalue weighted by Gasteiger charge is -2.47. The van der Waals surface area contributed by atoms with Crippen molar-refractivity contribution in [3.05, 3.63) is 65.7 Å². The van der Waals surface area contributed by atoms with Gasteiger partial charge in [0.05, 0.1) is 51.2 Å². The molecular weight excluding hydrogens is 821 g/mol. The number of carbonyl (C=O) groups is 1. The molecule has 0 unspecified atom stereocenters. The van der Waals surface area contributed by atoms with Gasteiger partial charge >= 0.3 is 5.97 Å². The van der Waals surface area contributed by atoms with Crippen LogP contribution in [0.5, 0.6) is 5.75 Å². The van der Waals surface area contributed by atoms with Gasteiger partial charge in [-0.2, -0.15) is 0 Å². The van der Waals surface area contributed by atoms with E-state index in [9.17, 15) is 15.0 Å².